The van der Waals surface area contributed by atoms with Crippen molar-refractivity contribution in [2.45, 2.75) is 77.5 Å². The molecule has 49 heavy (non-hydrogen) atoms. The minimum Gasteiger partial charge on any atom is -0.444 e. The van der Waals surface area contributed by atoms with E-state index in [9.17, 15) is 19.2 Å². The van der Waals surface area contributed by atoms with Crippen LogP contribution in [0.1, 0.15) is 63.1 Å². The average Bonchev–Trinajstić information content (AvgIpc) is 3.07. The van der Waals surface area contributed by atoms with Gasteiger partial charge in [0.25, 0.3) is 0 Å². The number of nitrogens with one attached hydrogen (secondary N) is 3. The molecule has 3 aromatic rings. The molecule has 0 aliphatic heterocycles. The summed E-state index contributed by atoms with van der Waals surface area (Å²) in [6.07, 6.45) is 2.55. The van der Waals surface area contributed by atoms with Crippen molar-refractivity contribution in [3.63, 3.8) is 0 Å². The van der Waals surface area contributed by atoms with Crippen LogP contribution in [0.25, 0.3) is 0 Å². The fraction of sp³-hybridized carbons (Fsp3) is 0.421. The van der Waals surface area contributed by atoms with Crippen molar-refractivity contribution in [2.24, 2.45) is 11.8 Å². The molecule has 0 unspecified atom stereocenters. The van der Waals surface area contributed by atoms with Gasteiger partial charge >= 0.3 is 12.2 Å². The number of alkyl carbamates (subject to hydrolysis) is 1. The quantitative estimate of drug-likeness (QED) is 0.129. The fourth-order valence-electron chi connectivity index (χ4n) is 5.57. The van der Waals surface area contributed by atoms with Gasteiger partial charge in [-0.15, -0.1) is 0 Å². The predicted octanol–water partition coefficient (Wildman–Crippen LogP) is 6.88. The number of hydrogen-bond donors (Lipinski definition) is 3. The van der Waals surface area contributed by atoms with Gasteiger partial charge in [-0.05, 0) is 88.1 Å². The lowest BCUT2D eigenvalue weighted by atomic mass is 9.81. The summed E-state index contributed by atoms with van der Waals surface area (Å²) < 4.78 is 16.7. The predicted molar refractivity (Wildman–Crippen MR) is 190 cm³/mol. The summed E-state index contributed by atoms with van der Waals surface area (Å²) >= 11 is 3.43. The number of ether oxygens (including phenoxy) is 3. The van der Waals surface area contributed by atoms with Crippen molar-refractivity contribution in [3.05, 3.63) is 100 Å². The third-order valence-corrected chi connectivity index (χ3v) is 8.98. The Hall–Kier alpha value is -4.38. The lowest BCUT2D eigenvalue weighted by molar-refractivity contribution is -0.131. The highest BCUT2D eigenvalue weighted by molar-refractivity contribution is 9.10. The molecule has 3 amide bonds. The van der Waals surface area contributed by atoms with Crippen LogP contribution in [-0.4, -0.2) is 48.8 Å². The molecule has 11 heteroatoms. The average molecular weight is 737 g/mol. The second-order valence-electron chi connectivity index (χ2n) is 13.3. The number of carbonyl (C=O) groups excluding carboxylic acids is 4. The number of halogens is 1. The van der Waals surface area contributed by atoms with Crippen LogP contribution in [0.4, 0.5) is 9.59 Å². The summed E-state index contributed by atoms with van der Waals surface area (Å²) in [4.78, 5) is 51.2. The smallest absolute Gasteiger partial charge is 0.444 e. The Balaban J connectivity index is 1.31. The van der Waals surface area contributed by atoms with E-state index in [0.717, 1.165) is 34.0 Å². The second-order valence-corrected chi connectivity index (χ2v) is 14.1. The Bertz CT molecular complexity index is 1530. The first kappa shape index (κ1) is 37.4. The van der Waals surface area contributed by atoms with E-state index in [1.165, 1.54) is 0 Å². The monoisotopic (exact) mass is 735 g/mol. The molecular weight excluding hydrogens is 690 g/mol. The number of carbonyl (C=O) groups is 4. The van der Waals surface area contributed by atoms with Crippen LogP contribution in [0.5, 0.6) is 5.75 Å². The van der Waals surface area contributed by atoms with Crippen molar-refractivity contribution in [2.75, 3.05) is 13.1 Å². The van der Waals surface area contributed by atoms with Crippen molar-refractivity contribution in [3.8, 4) is 5.75 Å². The topological polar surface area (TPSA) is 132 Å². The maximum Gasteiger partial charge on any atom is 0.514 e. The molecule has 0 saturated heterocycles. The van der Waals surface area contributed by atoms with E-state index in [1.807, 2.05) is 75.4 Å². The van der Waals surface area contributed by atoms with E-state index in [0.29, 0.717) is 38.1 Å². The first-order valence-corrected chi connectivity index (χ1v) is 17.5. The highest BCUT2D eigenvalue weighted by Gasteiger charge is 2.30. The number of amides is 3. The minimum atomic E-state index is -0.832. The van der Waals surface area contributed by atoms with Crippen LogP contribution >= 0.6 is 15.9 Å². The summed E-state index contributed by atoms with van der Waals surface area (Å²) in [6, 6.07) is 23.3. The molecule has 10 nitrogen and oxygen atoms in total. The maximum atomic E-state index is 13.4. The van der Waals surface area contributed by atoms with Crippen molar-refractivity contribution < 1.29 is 33.4 Å². The molecule has 0 heterocycles. The molecule has 4 rings (SSSR count). The van der Waals surface area contributed by atoms with Gasteiger partial charge in [0.15, 0.2) is 0 Å². The van der Waals surface area contributed by atoms with Crippen LogP contribution in [0.2, 0.25) is 0 Å². The van der Waals surface area contributed by atoms with Crippen molar-refractivity contribution in [1.82, 2.24) is 16.0 Å². The van der Waals surface area contributed by atoms with Gasteiger partial charge in [0, 0.05) is 35.5 Å². The number of benzene rings is 3. The normalized spacial score (nSPS) is 16.5. The van der Waals surface area contributed by atoms with E-state index in [2.05, 4.69) is 31.9 Å². The van der Waals surface area contributed by atoms with Crippen molar-refractivity contribution in [1.29, 1.82) is 0 Å². The first-order valence-electron chi connectivity index (χ1n) is 16.7. The molecule has 3 N–H and O–H groups in total. The first-order chi connectivity index (χ1) is 23.4. The molecule has 1 aliphatic rings. The third kappa shape index (κ3) is 13.2. The highest BCUT2D eigenvalue weighted by Crippen LogP contribution is 2.29. The summed E-state index contributed by atoms with van der Waals surface area (Å²) in [6.45, 7) is 6.45. The van der Waals surface area contributed by atoms with Gasteiger partial charge < -0.3 is 30.2 Å². The zero-order valence-corrected chi connectivity index (χ0v) is 29.9. The fourth-order valence-corrected chi connectivity index (χ4v) is 5.97. The molecule has 1 aliphatic carbocycles. The van der Waals surface area contributed by atoms with Gasteiger partial charge in [-0.3, -0.25) is 9.59 Å². The number of rotatable bonds is 13. The van der Waals surface area contributed by atoms with Crippen LogP contribution in [0, 0.1) is 11.8 Å². The Morgan fingerprint density at radius 2 is 1.51 bits per heavy atom. The van der Waals surface area contributed by atoms with Gasteiger partial charge in [0.05, 0.1) is 0 Å². The summed E-state index contributed by atoms with van der Waals surface area (Å²) in [5.41, 5.74) is 2.14. The minimum absolute atomic E-state index is 0.0592. The van der Waals surface area contributed by atoms with Crippen LogP contribution < -0.4 is 20.7 Å². The molecule has 0 bridgehead atoms. The van der Waals surface area contributed by atoms with Gasteiger partial charge in [0.1, 0.15) is 24.0 Å². The Morgan fingerprint density at radius 1 is 0.837 bits per heavy atom. The van der Waals surface area contributed by atoms with E-state index < -0.39 is 23.9 Å². The molecule has 1 atom stereocenters. The van der Waals surface area contributed by atoms with Gasteiger partial charge in [-0.25, -0.2) is 9.59 Å². The van der Waals surface area contributed by atoms with Crippen molar-refractivity contribution >= 4 is 40.0 Å². The Kier molecular flexibility index (Phi) is 14.1. The molecule has 0 spiro atoms. The van der Waals surface area contributed by atoms with E-state index in [1.54, 1.807) is 24.3 Å². The Morgan fingerprint density at radius 3 is 2.18 bits per heavy atom. The Labute approximate surface area is 296 Å². The second kappa shape index (κ2) is 18.4. The van der Waals surface area contributed by atoms with Gasteiger partial charge in [-0.1, -0.05) is 76.6 Å². The lowest BCUT2D eigenvalue weighted by Gasteiger charge is -2.29. The zero-order chi connectivity index (χ0) is 35.2. The maximum absolute atomic E-state index is 13.4. The molecule has 1 fully saturated rings. The molecule has 3 aromatic carbocycles. The van der Waals surface area contributed by atoms with E-state index in [4.69, 9.17) is 14.2 Å². The van der Waals surface area contributed by atoms with Crippen LogP contribution in [-0.2, 0) is 38.5 Å². The van der Waals surface area contributed by atoms with Gasteiger partial charge in [0.2, 0.25) is 11.8 Å². The SMILES string of the molecule is CC(C)(C)OC(=O)NCC1CCC(C(=O)N[C@@H](Cc2ccc(OC(=O)OCc3ccccc3Br)cc2)C(=O)NCCc2ccccc2)CC1. The largest absolute Gasteiger partial charge is 0.514 e. The van der Waals surface area contributed by atoms with E-state index in [-0.39, 0.29) is 36.7 Å². The van der Waals surface area contributed by atoms with Crippen LogP contribution in [0.3, 0.4) is 0 Å². The number of hydrogen-bond acceptors (Lipinski definition) is 7. The molecule has 0 radical (unpaired) electrons. The highest BCUT2D eigenvalue weighted by atomic mass is 79.9. The third-order valence-electron chi connectivity index (χ3n) is 8.21. The lowest BCUT2D eigenvalue weighted by Crippen LogP contribution is -2.50. The van der Waals surface area contributed by atoms with Gasteiger partial charge in [-0.2, -0.15) is 0 Å². The van der Waals surface area contributed by atoms with Crippen LogP contribution in [0.15, 0.2) is 83.3 Å². The summed E-state index contributed by atoms with van der Waals surface area (Å²) in [5.74, 6) is -0.0979. The molecule has 262 valence electrons. The molecular formula is C38H46BrN3O7. The molecule has 1 saturated carbocycles. The summed E-state index contributed by atoms with van der Waals surface area (Å²) in [5, 5.41) is 8.83. The standard InChI is InChI=1S/C38H46BrN3O7/c1-38(2,3)49-36(45)41-24-28-13-17-29(18-14-28)34(43)42-33(35(44)40-22-21-26-9-5-4-6-10-26)23-27-15-19-31(20-16-27)48-37(46)47-25-30-11-7-8-12-32(30)39/h4-12,15-16,19-20,28-29,33H,13-14,17-18,21-25H2,1-3H3,(H,40,44)(H,41,45)(H,42,43)/t28?,29?,33-/m0/s1. The van der Waals surface area contributed by atoms with E-state index >= 15 is 0 Å². The summed E-state index contributed by atoms with van der Waals surface area (Å²) in [7, 11) is 0. The zero-order valence-electron chi connectivity index (χ0n) is 28.3. The molecule has 0 aromatic heterocycles.